The van der Waals surface area contributed by atoms with Gasteiger partial charge in [0.05, 0.1) is 0 Å². The van der Waals surface area contributed by atoms with E-state index < -0.39 is 0 Å². The lowest BCUT2D eigenvalue weighted by atomic mass is 10.1. The van der Waals surface area contributed by atoms with Crippen molar-refractivity contribution in [3.8, 4) is 5.75 Å². The average molecular weight is 334 g/mol. The molecule has 1 atom stereocenters. The molecule has 0 aliphatic rings. The first-order valence-electron chi connectivity index (χ1n) is 6.85. The predicted molar refractivity (Wildman–Crippen MR) is 86.9 cm³/mol. The molecule has 0 radical (unpaired) electrons. The Labute approximate surface area is 129 Å². The van der Waals surface area contributed by atoms with Crippen LogP contribution in [-0.4, -0.2) is 0 Å². The van der Waals surface area contributed by atoms with Gasteiger partial charge in [-0.2, -0.15) is 0 Å². The average Bonchev–Trinajstić information content (AvgIpc) is 2.45. The zero-order chi connectivity index (χ0) is 14.5. The van der Waals surface area contributed by atoms with Gasteiger partial charge in [0.15, 0.2) is 0 Å². The van der Waals surface area contributed by atoms with E-state index in [1.54, 1.807) is 0 Å². The molecule has 3 heteroatoms. The summed E-state index contributed by atoms with van der Waals surface area (Å²) in [5, 5.41) is 0. The van der Waals surface area contributed by atoms with E-state index in [1.165, 1.54) is 5.56 Å². The highest BCUT2D eigenvalue weighted by molar-refractivity contribution is 9.10. The number of benzene rings is 2. The van der Waals surface area contributed by atoms with Gasteiger partial charge in [0.1, 0.15) is 12.4 Å². The van der Waals surface area contributed by atoms with Crippen LogP contribution >= 0.6 is 15.9 Å². The Kier molecular flexibility index (Phi) is 5.21. The molecule has 0 spiro atoms. The third-order valence-corrected chi connectivity index (χ3v) is 3.78. The molecule has 2 nitrogen and oxygen atoms in total. The topological polar surface area (TPSA) is 35.2 Å². The van der Waals surface area contributed by atoms with Crippen LogP contribution < -0.4 is 10.5 Å². The van der Waals surface area contributed by atoms with E-state index in [4.69, 9.17) is 10.5 Å². The summed E-state index contributed by atoms with van der Waals surface area (Å²) in [6.45, 7) is 4.67. The first-order chi connectivity index (χ1) is 9.60. The van der Waals surface area contributed by atoms with E-state index in [9.17, 15) is 0 Å². The van der Waals surface area contributed by atoms with Crippen molar-refractivity contribution in [2.24, 2.45) is 5.73 Å². The van der Waals surface area contributed by atoms with E-state index in [0.29, 0.717) is 6.61 Å². The minimum absolute atomic E-state index is 0.0411. The van der Waals surface area contributed by atoms with Gasteiger partial charge in [0.25, 0.3) is 0 Å². The van der Waals surface area contributed by atoms with Crippen molar-refractivity contribution < 1.29 is 4.74 Å². The van der Waals surface area contributed by atoms with E-state index in [1.807, 2.05) is 25.1 Å². The lowest BCUT2D eigenvalue weighted by Gasteiger charge is -2.14. The van der Waals surface area contributed by atoms with Crippen LogP contribution in [0.2, 0.25) is 0 Å². The summed E-state index contributed by atoms with van der Waals surface area (Å²) < 4.78 is 6.93. The molecular weight excluding hydrogens is 314 g/mol. The Bertz CT molecular complexity index is 564. The van der Waals surface area contributed by atoms with E-state index >= 15 is 0 Å². The lowest BCUT2D eigenvalue weighted by Crippen LogP contribution is -2.08. The number of halogens is 1. The van der Waals surface area contributed by atoms with E-state index in [2.05, 4.69) is 47.1 Å². The zero-order valence-corrected chi connectivity index (χ0v) is 13.5. The maximum atomic E-state index is 5.98. The van der Waals surface area contributed by atoms with Gasteiger partial charge in [-0.05, 0) is 36.6 Å². The molecule has 20 heavy (non-hydrogen) atoms. The Morgan fingerprint density at radius 2 is 1.75 bits per heavy atom. The third kappa shape index (κ3) is 3.84. The van der Waals surface area contributed by atoms with Crippen molar-refractivity contribution >= 4 is 15.9 Å². The molecule has 0 aliphatic carbocycles. The van der Waals surface area contributed by atoms with Gasteiger partial charge in [-0.15, -0.1) is 0 Å². The van der Waals surface area contributed by atoms with Crippen LogP contribution in [0.15, 0.2) is 46.9 Å². The van der Waals surface area contributed by atoms with Crippen LogP contribution in [0, 0.1) is 0 Å². The van der Waals surface area contributed by atoms with Crippen molar-refractivity contribution in [1.29, 1.82) is 0 Å². The molecule has 0 heterocycles. The van der Waals surface area contributed by atoms with Crippen LogP contribution in [0.25, 0.3) is 0 Å². The van der Waals surface area contributed by atoms with Gasteiger partial charge in [-0.3, -0.25) is 0 Å². The molecule has 106 valence electrons. The fourth-order valence-electron chi connectivity index (χ4n) is 2.04. The monoisotopic (exact) mass is 333 g/mol. The first-order valence-corrected chi connectivity index (χ1v) is 7.65. The zero-order valence-electron chi connectivity index (χ0n) is 11.9. The molecule has 0 bridgehead atoms. The molecule has 0 amide bonds. The number of rotatable bonds is 5. The SMILES string of the molecule is CCc1ccc(COc2cc(Br)ccc2[C@H](C)N)cc1. The Balaban J connectivity index is 2.11. The van der Waals surface area contributed by atoms with Crippen molar-refractivity contribution in [2.75, 3.05) is 0 Å². The van der Waals surface area contributed by atoms with Gasteiger partial charge < -0.3 is 10.5 Å². The second kappa shape index (κ2) is 6.91. The first kappa shape index (κ1) is 15.1. The minimum atomic E-state index is -0.0411. The molecule has 2 aromatic carbocycles. The smallest absolute Gasteiger partial charge is 0.125 e. The highest BCUT2D eigenvalue weighted by Crippen LogP contribution is 2.28. The van der Waals surface area contributed by atoms with Gasteiger partial charge in [0, 0.05) is 16.1 Å². The Morgan fingerprint density at radius 3 is 2.35 bits per heavy atom. The second-order valence-electron chi connectivity index (χ2n) is 4.93. The summed E-state index contributed by atoms with van der Waals surface area (Å²) in [6.07, 6.45) is 1.06. The standard InChI is InChI=1S/C17H20BrNO/c1-3-13-4-6-14(7-5-13)11-20-17-10-15(18)8-9-16(17)12(2)19/h4-10,12H,3,11,19H2,1-2H3/t12-/m0/s1. The number of aryl methyl sites for hydroxylation is 1. The van der Waals surface area contributed by atoms with Crippen LogP contribution in [0.5, 0.6) is 5.75 Å². The van der Waals surface area contributed by atoms with Gasteiger partial charge in [-0.1, -0.05) is 53.2 Å². The molecule has 2 aromatic rings. The molecular formula is C17H20BrNO. The van der Waals surface area contributed by atoms with Crippen LogP contribution in [0.4, 0.5) is 0 Å². The minimum Gasteiger partial charge on any atom is -0.489 e. The Morgan fingerprint density at radius 1 is 1.10 bits per heavy atom. The summed E-state index contributed by atoms with van der Waals surface area (Å²) in [5.74, 6) is 0.842. The molecule has 0 aliphatic heterocycles. The molecule has 0 saturated heterocycles. The highest BCUT2D eigenvalue weighted by Gasteiger charge is 2.09. The van der Waals surface area contributed by atoms with Crippen LogP contribution in [0.3, 0.4) is 0 Å². The fraction of sp³-hybridized carbons (Fsp3) is 0.294. The lowest BCUT2D eigenvalue weighted by molar-refractivity contribution is 0.301. The molecule has 0 unspecified atom stereocenters. The van der Waals surface area contributed by atoms with Crippen molar-refractivity contribution in [3.63, 3.8) is 0 Å². The van der Waals surface area contributed by atoms with Gasteiger partial charge >= 0.3 is 0 Å². The summed E-state index contributed by atoms with van der Waals surface area (Å²) in [4.78, 5) is 0. The van der Waals surface area contributed by atoms with Crippen LogP contribution in [-0.2, 0) is 13.0 Å². The van der Waals surface area contributed by atoms with Gasteiger partial charge in [-0.25, -0.2) is 0 Å². The van der Waals surface area contributed by atoms with Crippen molar-refractivity contribution in [2.45, 2.75) is 32.9 Å². The number of hydrogen-bond donors (Lipinski definition) is 1. The highest BCUT2D eigenvalue weighted by atomic mass is 79.9. The van der Waals surface area contributed by atoms with E-state index in [-0.39, 0.29) is 6.04 Å². The normalized spacial score (nSPS) is 12.2. The molecule has 0 aromatic heterocycles. The molecule has 2 rings (SSSR count). The third-order valence-electron chi connectivity index (χ3n) is 3.29. The predicted octanol–water partition coefficient (Wildman–Crippen LogP) is 4.61. The number of nitrogens with two attached hydrogens (primary N) is 1. The second-order valence-corrected chi connectivity index (χ2v) is 5.85. The quantitative estimate of drug-likeness (QED) is 0.867. The van der Waals surface area contributed by atoms with Gasteiger partial charge in [0.2, 0.25) is 0 Å². The molecule has 0 fully saturated rings. The molecule has 0 saturated carbocycles. The Hall–Kier alpha value is -1.32. The number of hydrogen-bond acceptors (Lipinski definition) is 2. The maximum Gasteiger partial charge on any atom is 0.125 e. The van der Waals surface area contributed by atoms with E-state index in [0.717, 1.165) is 27.8 Å². The fourth-order valence-corrected chi connectivity index (χ4v) is 2.38. The number of ether oxygens (including phenoxy) is 1. The summed E-state index contributed by atoms with van der Waals surface area (Å²) in [5.41, 5.74) is 9.51. The largest absolute Gasteiger partial charge is 0.489 e. The summed E-state index contributed by atoms with van der Waals surface area (Å²) in [7, 11) is 0. The molecule has 2 N–H and O–H groups in total. The summed E-state index contributed by atoms with van der Waals surface area (Å²) in [6, 6.07) is 14.4. The van der Waals surface area contributed by atoms with Crippen molar-refractivity contribution in [1.82, 2.24) is 0 Å². The maximum absolute atomic E-state index is 5.98. The van der Waals surface area contributed by atoms with Crippen molar-refractivity contribution in [3.05, 3.63) is 63.6 Å². The summed E-state index contributed by atoms with van der Waals surface area (Å²) >= 11 is 3.47. The van der Waals surface area contributed by atoms with Crippen LogP contribution in [0.1, 0.15) is 36.6 Å².